The van der Waals surface area contributed by atoms with E-state index in [4.69, 9.17) is 21.1 Å². The first-order valence-corrected chi connectivity index (χ1v) is 13.0. The molecule has 1 N–H and O–H groups in total. The van der Waals surface area contributed by atoms with Crippen molar-refractivity contribution < 1.29 is 32.3 Å². The van der Waals surface area contributed by atoms with Gasteiger partial charge in [-0.3, -0.25) is 13.9 Å². The van der Waals surface area contributed by atoms with E-state index in [0.717, 1.165) is 10.6 Å². The molecule has 0 aliphatic carbocycles. The molecular weight excluding hydrogens is 498 g/mol. The largest absolute Gasteiger partial charge is 0.462 e. The molecule has 35 heavy (non-hydrogen) atoms. The summed E-state index contributed by atoms with van der Waals surface area (Å²) in [6.07, 6.45) is 0.980. The summed E-state index contributed by atoms with van der Waals surface area (Å²) in [5, 5.41) is 2.73. The van der Waals surface area contributed by atoms with Gasteiger partial charge in [-0.1, -0.05) is 11.6 Å². The van der Waals surface area contributed by atoms with Crippen LogP contribution in [0.25, 0.3) is 0 Å². The van der Waals surface area contributed by atoms with Gasteiger partial charge in [0.25, 0.3) is 5.91 Å². The molecule has 188 valence electrons. The normalized spacial score (nSPS) is 13.7. The lowest BCUT2D eigenvalue weighted by atomic mass is 10.1. The zero-order valence-corrected chi connectivity index (χ0v) is 20.9. The van der Waals surface area contributed by atoms with Crippen LogP contribution in [-0.2, 0) is 24.3 Å². The van der Waals surface area contributed by atoms with Gasteiger partial charge in [0.15, 0.2) is 0 Å². The Balaban J connectivity index is 1.74. The van der Waals surface area contributed by atoms with Crippen molar-refractivity contribution in [1.29, 1.82) is 0 Å². The van der Waals surface area contributed by atoms with Gasteiger partial charge in [-0.15, -0.1) is 0 Å². The van der Waals surface area contributed by atoms with E-state index in [1.807, 2.05) is 0 Å². The fourth-order valence-corrected chi connectivity index (χ4v) is 4.47. The number of carbonyl (C=O) groups is 3. The molecule has 1 aliphatic rings. The van der Waals surface area contributed by atoms with Crippen molar-refractivity contribution in [3.05, 3.63) is 58.6 Å². The van der Waals surface area contributed by atoms with Crippen molar-refractivity contribution in [2.75, 3.05) is 55.3 Å². The Morgan fingerprint density at radius 2 is 1.77 bits per heavy atom. The number of rotatable bonds is 8. The molecule has 1 heterocycles. The number of amides is 2. The number of halogens is 1. The maximum absolute atomic E-state index is 12.7. The topological polar surface area (TPSA) is 122 Å². The van der Waals surface area contributed by atoms with E-state index in [2.05, 4.69) is 5.32 Å². The second kappa shape index (κ2) is 11.5. The lowest BCUT2D eigenvalue weighted by Crippen LogP contribution is -2.40. The molecule has 2 amide bonds. The molecule has 0 radical (unpaired) electrons. The van der Waals surface area contributed by atoms with E-state index < -0.39 is 28.4 Å². The van der Waals surface area contributed by atoms with Gasteiger partial charge in [0, 0.05) is 24.3 Å². The zero-order valence-electron chi connectivity index (χ0n) is 19.3. The Bertz CT molecular complexity index is 1200. The highest BCUT2D eigenvalue weighted by molar-refractivity contribution is 7.92. The Morgan fingerprint density at radius 1 is 1.11 bits per heavy atom. The third kappa shape index (κ3) is 6.93. The standard InChI is InChI=1S/C23H26ClN3O7S/c1-3-34-23(30)19-14-17(6-9-20(19)24)25-21(28)15-27(35(2,31)32)18-7-4-16(5-8-18)22(29)26-10-12-33-13-11-26/h4-9,14H,3,10-13,15H2,1-2H3,(H,25,28). The molecule has 1 aliphatic heterocycles. The lowest BCUT2D eigenvalue weighted by molar-refractivity contribution is -0.114. The molecule has 1 saturated heterocycles. The molecule has 10 nitrogen and oxygen atoms in total. The second-order valence-electron chi connectivity index (χ2n) is 7.68. The minimum Gasteiger partial charge on any atom is -0.462 e. The van der Waals surface area contributed by atoms with Crippen LogP contribution >= 0.6 is 11.6 Å². The summed E-state index contributed by atoms with van der Waals surface area (Å²) < 4.78 is 36.0. The van der Waals surface area contributed by atoms with Gasteiger partial charge >= 0.3 is 5.97 Å². The van der Waals surface area contributed by atoms with Crippen LogP contribution in [0, 0.1) is 0 Å². The second-order valence-corrected chi connectivity index (χ2v) is 10.00. The predicted molar refractivity (Wildman–Crippen MR) is 131 cm³/mol. The average Bonchev–Trinajstić information content (AvgIpc) is 2.83. The van der Waals surface area contributed by atoms with E-state index in [1.165, 1.54) is 42.5 Å². The van der Waals surface area contributed by atoms with Crippen molar-refractivity contribution in [2.45, 2.75) is 6.92 Å². The summed E-state index contributed by atoms with van der Waals surface area (Å²) in [5.74, 6) is -1.46. The van der Waals surface area contributed by atoms with E-state index in [1.54, 1.807) is 11.8 Å². The monoisotopic (exact) mass is 523 g/mol. The smallest absolute Gasteiger partial charge is 0.339 e. The average molecular weight is 524 g/mol. The highest BCUT2D eigenvalue weighted by Gasteiger charge is 2.23. The van der Waals surface area contributed by atoms with Crippen LogP contribution in [0.15, 0.2) is 42.5 Å². The third-order valence-corrected chi connectivity index (χ3v) is 6.60. The molecule has 0 unspecified atom stereocenters. The van der Waals surface area contributed by atoms with E-state index >= 15 is 0 Å². The number of carbonyl (C=O) groups excluding carboxylic acids is 3. The van der Waals surface area contributed by atoms with Crippen LogP contribution in [0.5, 0.6) is 0 Å². The summed E-state index contributed by atoms with van der Waals surface area (Å²) in [6.45, 7) is 3.20. The Hall–Kier alpha value is -3.15. The number of esters is 1. The molecule has 0 aromatic heterocycles. The van der Waals surface area contributed by atoms with Gasteiger partial charge in [0.1, 0.15) is 6.54 Å². The number of nitrogens with one attached hydrogen (secondary N) is 1. The van der Waals surface area contributed by atoms with Gasteiger partial charge in [-0.05, 0) is 49.4 Å². The Morgan fingerprint density at radius 3 is 2.37 bits per heavy atom. The molecule has 0 bridgehead atoms. The Kier molecular flexibility index (Phi) is 8.71. The minimum atomic E-state index is -3.83. The first kappa shape index (κ1) is 26.5. The van der Waals surface area contributed by atoms with Gasteiger partial charge < -0.3 is 19.7 Å². The summed E-state index contributed by atoms with van der Waals surface area (Å²) in [5.41, 5.74) is 0.958. The van der Waals surface area contributed by atoms with Crippen LogP contribution in [-0.4, -0.2) is 76.8 Å². The minimum absolute atomic E-state index is 0.0757. The fraction of sp³-hybridized carbons (Fsp3) is 0.348. The molecule has 2 aromatic rings. The van der Waals surface area contributed by atoms with Crippen LogP contribution in [0.1, 0.15) is 27.6 Å². The van der Waals surface area contributed by atoms with Gasteiger partial charge in [0.05, 0.1) is 42.3 Å². The lowest BCUT2D eigenvalue weighted by Gasteiger charge is -2.27. The van der Waals surface area contributed by atoms with E-state index in [0.29, 0.717) is 31.9 Å². The maximum atomic E-state index is 12.7. The highest BCUT2D eigenvalue weighted by Crippen LogP contribution is 2.23. The van der Waals surface area contributed by atoms with E-state index in [9.17, 15) is 22.8 Å². The van der Waals surface area contributed by atoms with Gasteiger partial charge in [-0.25, -0.2) is 13.2 Å². The summed E-state index contributed by atoms with van der Waals surface area (Å²) >= 11 is 6.04. The summed E-state index contributed by atoms with van der Waals surface area (Å²) in [4.78, 5) is 39.0. The highest BCUT2D eigenvalue weighted by atomic mass is 35.5. The van der Waals surface area contributed by atoms with Crippen LogP contribution in [0.4, 0.5) is 11.4 Å². The van der Waals surface area contributed by atoms with Crippen molar-refractivity contribution >= 4 is 50.8 Å². The molecule has 0 saturated carbocycles. The Labute approximate surface area is 208 Å². The molecule has 0 atom stereocenters. The number of nitrogens with zero attached hydrogens (tertiary/aromatic N) is 2. The molecule has 0 spiro atoms. The number of hydrogen-bond acceptors (Lipinski definition) is 7. The zero-order chi connectivity index (χ0) is 25.6. The van der Waals surface area contributed by atoms with Gasteiger partial charge in [-0.2, -0.15) is 0 Å². The first-order chi connectivity index (χ1) is 16.6. The molecule has 3 rings (SSSR count). The van der Waals surface area contributed by atoms with E-state index in [-0.39, 0.29) is 34.5 Å². The summed E-state index contributed by atoms with van der Waals surface area (Å²) in [7, 11) is -3.83. The number of anilines is 2. The third-order valence-electron chi connectivity index (χ3n) is 5.13. The van der Waals surface area contributed by atoms with Gasteiger partial charge in [0.2, 0.25) is 15.9 Å². The number of ether oxygens (including phenoxy) is 2. The number of benzene rings is 2. The number of hydrogen-bond donors (Lipinski definition) is 1. The summed E-state index contributed by atoms with van der Waals surface area (Å²) in [6, 6.07) is 10.3. The predicted octanol–water partition coefficient (Wildman–Crippen LogP) is 2.39. The quantitative estimate of drug-likeness (QED) is 0.527. The molecule has 12 heteroatoms. The molecule has 1 fully saturated rings. The first-order valence-electron chi connectivity index (χ1n) is 10.8. The number of sulfonamides is 1. The van der Waals surface area contributed by atoms with Crippen molar-refractivity contribution in [2.24, 2.45) is 0 Å². The SMILES string of the molecule is CCOC(=O)c1cc(NC(=O)CN(c2ccc(C(=O)N3CCOCC3)cc2)S(C)(=O)=O)ccc1Cl. The van der Waals surface area contributed by atoms with Crippen LogP contribution in [0.3, 0.4) is 0 Å². The van der Waals surface area contributed by atoms with Crippen molar-refractivity contribution in [3.63, 3.8) is 0 Å². The van der Waals surface area contributed by atoms with Crippen molar-refractivity contribution in [1.82, 2.24) is 4.90 Å². The maximum Gasteiger partial charge on any atom is 0.339 e. The molecular formula is C23H26ClN3O7S. The number of morpholine rings is 1. The van der Waals surface area contributed by atoms with Crippen LogP contribution < -0.4 is 9.62 Å². The fourth-order valence-electron chi connectivity index (χ4n) is 3.42. The molecule has 2 aromatic carbocycles. The van der Waals surface area contributed by atoms with Crippen molar-refractivity contribution in [3.8, 4) is 0 Å². The van der Waals surface area contributed by atoms with Crippen LogP contribution in [0.2, 0.25) is 5.02 Å².